The van der Waals surface area contributed by atoms with Gasteiger partial charge < -0.3 is 21.5 Å². The minimum atomic E-state index is -1.11. The van der Waals surface area contributed by atoms with Gasteiger partial charge in [0, 0.05) is 0 Å². The summed E-state index contributed by atoms with van der Waals surface area (Å²) in [7, 11) is 0. The number of carbonyl (C=O) groups excluding carboxylic acids is 2. The van der Waals surface area contributed by atoms with Crippen molar-refractivity contribution in [3.05, 3.63) is 0 Å². The first kappa shape index (κ1) is 17.6. The van der Waals surface area contributed by atoms with Crippen molar-refractivity contribution in [1.29, 1.82) is 0 Å². The van der Waals surface area contributed by atoms with Gasteiger partial charge in [-0.2, -0.15) is 11.8 Å². The fraction of sp³-hybridized carbons (Fsp3) is 0.727. The first-order chi connectivity index (χ1) is 8.79. The Kier molecular flexibility index (Phi) is 7.97. The molecule has 0 rings (SSSR count). The molecule has 110 valence electrons. The van der Waals surface area contributed by atoms with Crippen LogP contribution in [0.3, 0.4) is 0 Å². The molecule has 1 unspecified atom stereocenters. The van der Waals surface area contributed by atoms with Gasteiger partial charge in [0.15, 0.2) is 0 Å². The van der Waals surface area contributed by atoms with E-state index in [0.717, 1.165) is 0 Å². The Hall–Kier alpha value is -1.44. The Balaban J connectivity index is 4.47. The van der Waals surface area contributed by atoms with Gasteiger partial charge in [0.2, 0.25) is 5.91 Å². The van der Waals surface area contributed by atoms with Crippen molar-refractivity contribution in [3.63, 3.8) is 0 Å². The lowest BCUT2D eigenvalue weighted by atomic mass is 10.0. The molecule has 0 aromatic carbocycles. The number of carbonyl (C=O) groups is 3. The molecule has 0 saturated heterocycles. The standard InChI is InChI=1S/C11H21N3O4S/c1-6(2)8(9(12)15)14-11(18)13-7(10(16)17)4-5-19-3/h6-8H,4-5H2,1-3H3,(H2,12,15)(H,16,17)(H2,13,14,18)/t7-,8?/m1/s1. The maximum absolute atomic E-state index is 11.6. The normalized spacial score (nSPS) is 13.7. The van der Waals surface area contributed by atoms with Crippen LogP contribution in [-0.2, 0) is 9.59 Å². The van der Waals surface area contributed by atoms with E-state index in [2.05, 4.69) is 10.6 Å². The number of amides is 3. The lowest BCUT2D eigenvalue weighted by Gasteiger charge is -2.21. The van der Waals surface area contributed by atoms with Crippen molar-refractivity contribution in [2.24, 2.45) is 11.7 Å². The molecule has 0 radical (unpaired) electrons. The molecule has 0 heterocycles. The predicted octanol–water partition coefficient (Wildman–Crippen LogP) is 0.00180. The predicted molar refractivity (Wildman–Crippen MR) is 73.9 cm³/mol. The third-order valence-corrected chi connectivity index (χ3v) is 3.12. The molecule has 7 nitrogen and oxygen atoms in total. The number of thioether (sulfide) groups is 1. The van der Waals surface area contributed by atoms with E-state index in [-0.39, 0.29) is 5.92 Å². The molecule has 5 N–H and O–H groups in total. The molecule has 8 heteroatoms. The fourth-order valence-corrected chi connectivity index (χ4v) is 1.87. The number of nitrogens with two attached hydrogens (primary N) is 1. The average molecular weight is 291 g/mol. The SMILES string of the molecule is CSCC[C@@H](NC(=O)NC(C(N)=O)C(C)C)C(=O)O. The lowest BCUT2D eigenvalue weighted by molar-refractivity contribution is -0.139. The van der Waals surface area contributed by atoms with Gasteiger partial charge in [-0.15, -0.1) is 0 Å². The number of hydrogen-bond acceptors (Lipinski definition) is 4. The van der Waals surface area contributed by atoms with Crippen LogP contribution in [0.5, 0.6) is 0 Å². The van der Waals surface area contributed by atoms with Crippen molar-refractivity contribution in [3.8, 4) is 0 Å². The second-order valence-corrected chi connectivity index (χ2v) is 5.40. The van der Waals surface area contributed by atoms with Gasteiger partial charge in [-0.25, -0.2) is 9.59 Å². The number of nitrogens with one attached hydrogen (secondary N) is 2. The van der Waals surface area contributed by atoms with Crippen molar-refractivity contribution >= 4 is 29.7 Å². The first-order valence-corrected chi connectivity index (χ1v) is 7.27. The second-order valence-electron chi connectivity index (χ2n) is 4.41. The number of rotatable bonds is 8. The summed E-state index contributed by atoms with van der Waals surface area (Å²) < 4.78 is 0. The molecular weight excluding hydrogens is 270 g/mol. The van der Waals surface area contributed by atoms with Gasteiger partial charge in [-0.3, -0.25) is 4.79 Å². The van der Waals surface area contributed by atoms with E-state index >= 15 is 0 Å². The van der Waals surface area contributed by atoms with Crippen molar-refractivity contribution in [1.82, 2.24) is 10.6 Å². The molecule has 19 heavy (non-hydrogen) atoms. The van der Waals surface area contributed by atoms with Gasteiger partial charge in [0.1, 0.15) is 12.1 Å². The molecule has 0 aliphatic carbocycles. The summed E-state index contributed by atoms with van der Waals surface area (Å²) in [6.07, 6.45) is 2.16. The average Bonchev–Trinajstić information content (AvgIpc) is 2.30. The van der Waals surface area contributed by atoms with Crippen molar-refractivity contribution in [2.75, 3.05) is 12.0 Å². The van der Waals surface area contributed by atoms with Crippen LogP contribution in [0.15, 0.2) is 0 Å². The van der Waals surface area contributed by atoms with Gasteiger partial charge in [0.25, 0.3) is 0 Å². The fourth-order valence-electron chi connectivity index (χ4n) is 1.40. The second kappa shape index (κ2) is 8.63. The summed E-state index contributed by atoms with van der Waals surface area (Å²) in [5.41, 5.74) is 5.16. The summed E-state index contributed by atoms with van der Waals surface area (Å²) in [5.74, 6) is -1.32. The quantitative estimate of drug-likeness (QED) is 0.501. The van der Waals surface area contributed by atoms with Crippen molar-refractivity contribution < 1.29 is 19.5 Å². The van der Waals surface area contributed by atoms with Crippen LogP contribution < -0.4 is 16.4 Å². The van der Waals surface area contributed by atoms with E-state index in [1.54, 1.807) is 13.8 Å². The van der Waals surface area contributed by atoms with Crippen LogP contribution in [0.2, 0.25) is 0 Å². The molecule has 0 aliphatic heterocycles. The molecule has 0 saturated carbocycles. The summed E-state index contributed by atoms with van der Waals surface area (Å²) in [6, 6.07) is -2.51. The topological polar surface area (TPSA) is 122 Å². The van der Waals surface area contributed by atoms with E-state index in [1.165, 1.54) is 11.8 Å². The first-order valence-electron chi connectivity index (χ1n) is 5.87. The van der Waals surface area contributed by atoms with Crippen LogP contribution in [-0.4, -0.2) is 47.1 Å². The summed E-state index contributed by atoms with van der Waals surface area (Å²) in [4.78, 5) is 33.7. The van der Waals surface area contributed by atoms with Crippen LogP contribution in [0, 0.1) is 5.92 Å². The minimum Gasteiger partial charge on any atom is -0.480 e. The molecule has 0 spiro atoms. The van der Waals surface area contributed by atoms with Gasteiger partial charge >= 0.3 is 12.0 Å². The molecular formula is C11H21N3O4S. The van der Waals surface area contributed by atoms with E-state index in [1.807, 2.05) is 6.26 Å². The number of hydrogen-bond donors (Lipinski definition) is 4. The molecule has 3 amide bonds. The summed E-state index contributed by atoms with van der Waals surface area (Å²) in [6.45, 7) is 3.47. The highest BCUT2D eigenvalue weighted by Gasteiger charge is 2.24. The van der Waals surface area contributed by atoms with Crippen molar-refractivity contribution in [2.45, 2.75) is 32.4 Å². The largest absolute Gasteiger partial charge is 0.480 e. The highest BCUT2D eigenvalue weighted by Crippen LogP contribution is 2.03. The third-order valence-electron chi connectivity index (χ3n) is 2.47. The van der Waals surface area contributed by atoms with Gasteiger partial charge in [-0.1, -0.05) is 13.8 Å². The monoisotopic (exact) mass is 291 g/mol. The maximum atomic E-state index is 11.6. The number of carboxylic acids is 1. The molecule has 0 fully saturated rings. The molecule has 0 bridgehead atoms. The Morgan fingerprint density at radius 3 is 2.21 bits per heavy atom. The number of urea groups is 1. The van der Waals surface area contributed by atoms with Crippen LogP contribution >= 0.6 is 11.8 Å². The number of carboxylic acid groups (broad SMARTS) is 1. The Morgan fingerprint density at radius 1 is 1.26 bits per heavy atom. The Bertz CT molecular complexity index is 336. The number of aliphatic carboxylic acids is 1. The van der Waals surface area contributed by atoms with E-state index < -0.39 is 30.0 Å². The summed E-state index contributed by atoms with van der Waals surface area (Å²) >= 11 is 1.49. The molecule has 0 aliphatic rings. The minimum absolute atomic E-state index is 0.169. The highest BCUT2D eigenvalue weighted by molar-refractivity contribution is 7.98. The zero-order chi connectivity index (χ0) is 15.0. The van der Waals surface area contributed by atoms with Gasteiger partial charge in [-0.05, 0) is 24.3 Å². The van der Waals surface area contributed by atoms with E-state index in [0.29, 0.717) is 12.2 Å². The lowest BCUT2D eigenvalue weighted by Crippen LogP contribution is -2.54. The zero-order valence-electron chi connectivity index (χ0n) is 11.3. The van der Waals surface area contributed by atoms with Crippen LogP contribution in [0.25, 0.3) is 0 Å². The molecule has 0 aromatic heterocycles. The van der Waals surface area contributed by atoms with E-state index in [9.17, 15) is 14.4 Å². The summed E-state index contributed by atoms with van der Waals surface area (Å²) in [5, 5.41) is 13.7. The maximum Gasteiger partial charge on any atom is 0.326 e. The molecule has 2 atom stereocenters. The third kappa shape index (κ3) is 6.90. The zero-order valence-corrected chi connectivity index (χ0v) is 12.1. The Morgan fingerprint density at radius 2 is 1.84 bits per heavy atom. The smallest absolute Gasteiger partial charge is 0.326 e. The Labute approximate surface area is 116 Å². The van der Waals surface area contributed by atoms with Crippen LogP contribution in [0.4, 0.5) is 4.79 Å². The number of primary amides is 1. The van der Waals surface area contributed by atoms with Crippen LogP contribution in [0.1, 0.15) is 20.3 Å². The molecule has 0 aromatic rings. The van der Waals surface area contributed by atoms with Gasteiger partial charge in [0.05, 0.1) is 0 Å². The highest BCUT2D eigenvalue weighted by atomic mass is 32.2. The van der Waals surface area contributed by atoms with E-state index in [4.69, 9.17) is 10.8 Å².